The van der Waals surface area contributed by atoms with Gasteiger partial charge in [0.05, 0.1) is 25.9 Å². The number of hydrogen-bond acceptors (Lipinski definition) is 8. The Balaban J connectivity index is 1.76. The van der Waals surface area contributed by atoms with E-state index in [9.17, 15) is 14.4 Å². The zero-order valence-corrected chi connectivity index (χ0v) is 17.4. The number of carbonyl (C=O) groups excluding carboxylic acids is 3. The summed E-state index contributed by atoms with van der Waals surface area (Å²) in [7, 11) is 1.57. The van der Waals surface area contributed by atoms with E-state index < -0.39 is 18.1 Å². The Kier molecular flexibility index (Phi) is 9.10. The molecule has 0 saturated heterocycles. The Morgan fingerprint density at radius 1 is 0.903 bits per heavy atom. The second kappa shape index (κ2) is 12.0. The smallest absolute Gasteiger partial charge is 0.496 e. The molecule has 0 heterocycles. The van der Waals surface area contributed by atoms with Gasteiger partial charge in [-0.3, -0.25) is 0 Å². The van der Waals surface area contributed by atoms with Gasteiger partial charge < -0.3 is 23.7 Å². The van der Waals surface area contributed by atoms with Gasteiger partial charge in [-0.05, 0) is 67.8 Å². The summed E-state index contributed by atoms with van der Waals surface area (Å²) in [4.78, 5) is 34.9. The van der Waals surface area contributed by atoms with Crippen molar-refractivity contribution >= 4 is 18.1 Å². The number of aryl methyl sites for hydroxylation is 1. The number of unbranched alkanes of at least 4 members (excludes halogenated alkanes) is 1. The number of carbonyl (C=O) groups is 3. The number of rotatable bonds is 10. The van der Waals surface area contributed by atoms with Crippen molar-refractivity contribution in [3.63, 3.8) is 0 Å². The Morgan fingerprint density at radius 3 is 2.16 bits per heavy atom. The van der Waals surface area contributed by atoms with Crippen molar-refractivity contribution in [1.29, 1.82) is 0 Å². The second-order valence-corrected chi connectivity index (χ2v) is 6.32. The lowest BCUT2D eigenvalue weighted by Crippen LogP contribution is -2.12. The quantitative estimate of drug-likeness (QED) is 0.182. The number of ether oxygens (including phenoxy) is 5. The summed E-state index contributed by atoms with van der Waals surface area (Å²) < 4.78 is 25.3. The molecular formula is C23H24O8. The van der Waals surface area contributed by atoms with E-state index in [0.717, 1.165) is 11.6 Å². The fourth-order valence-electron chi connectivity index (χ4n) is 2.46. The Bertz CT molecular complexity index is 918. The minimum absolute atomic E-state index is 0.121. The van der Waals surface area contributed by atoms with Gasteiger partial charge in [0.15, 0.2) is 0 Å². The minimum atomic E-state index is -0.868. The zero-order valence-electron chi connectivity index (χ0n) is 17.4. The molecule has 0 fully saturated rings. The highest BCUT2D eigenvalue weighted by Crippen LogP contribution is 2.24. The predicted molar refractivity (Wildman–Crippen MR) is 111 cm³/mol. The highest BCUT2D eigenvalue weighted by Gasteiger charge is 2.12. The van der Waals surface area contributed by atoms with Crippen LogP contribution in [0.2, 0.25) is 0 Å². The van der Waals surface area contributed by atoms with E-state index in [1.165, 1.54) is 24.3 Å². The normalized spacial score (nSPS) is 10.0. The van der Waals surface area contributed by atoms with Crippen LogP contribution in [-0.2, 0) is 14.3 Å². The Labute approximate surface area is 180 Å². The first kappa shape index (κ1) is 23.5. The highest BCUT2D eigenvalue weighted by atomic mass is 16.7. The molecule has 2 aromatic carbocycles. The standard InChI is InChI=1S/C23H24O8/c1-4-21(24)28-13-5-6-14-29-23(26)31-18-9-7-17(8-10-18)22(25)30-19-11-12-20(27-3)16(2)15-19/h4,7-12,15H,1,5-6,13-14H2,2-3H3. The van der Waals surface area contributed by atoms with Gasteiger partial charge in [0.1, 0.15) is 17.2 Å². The van der Waals surface area contributed by atoms with Crippen LogP contribution in [0.5, 0.6) is 17.2 Å². The predicted octanol–water partition coefficient (Wildman–Crippen LogP) is 4.25. The van der Waals surface area contributed by atoms with E-state index >= 15 is 0 Å². The number of esters is 2. The molecule has 0 aliphatic rings. The van der Waals surface area contributed by atoms with Crippen molar-refractivity contribution in [2.45, 2.75) is 19.8 Å². The summed E-state index contributed by atoms with van der Waals surface area (Å²) in [6.45, 7) is 5.48. The third kappa shape index (κ3) is 7.85. The maximum absolute atomic E-state index is 12.3. The molecule has 0 saturated carbocycles. The fourth-order valence-corrected chi connectivity index (χ4v) is 2.46. The fraction of sp³-hybridized carbons (Fsp3) is 0.261. The molecule has 0 radical (unpaired) electrons. The van der Waals surface area contributed by atoms with Crippen molar-refractivity contribution in [2.75, 3.05) is 20.3 Å². The van der Waals surface area contributed by atoms with Crippen LogP contribution >= 0.6 is 0 Å². The summed E-state index contributed by atoms with van der Waals surface area (Å²) in [6, 6.07) is 10.9. The van der Waals surface area contributed by atoms with Gasteiger partial charge in [0.25, 0.3) is 0 Å². The molecule has 0 aromatic heterocycles. The molecule has 8 nitrogen and oxygen atoms in total. The molecule has 0 spiro atoms. The van der Waals surface area contributed by atoms with Gasteiger partial charge in [-0.2, -0.15) is 0 Å². The van der Waals surface area contributed by atoms with Crippen molar-refractivity contribution in [3.8, 4) is 17.2 Å². The van der Waals surface area contributed by atoms with E-state index in [-0.39, 0.29) is 19.0 Å². The topological polar surface area (TPSA) is 97.4 Å². The Hall–Kier alpha value is -3.81. The van der Waals surface area contributed by atoms with Crippen molar-refractivity contribution in [1.82, 2.24) is 0 Å². The van der Waals surface area contributed by atoms with Crippen LogP contribution in [0.1, 0.15) is 28.8 Å². The van der Waals surface area contributed by atoms with Crippen LogP contribution in [0.4, 0.5) is 4.79 Å². The number of benzene rings is 2. The maximum Gasteiger partial charge on any atom is 0.513 e. The Morgan fingerprint density at radius 2 is 1.55 bits per heavy atom. The molecule has 31 heavy (non-hydrogen) atoms. The summed E-state index contributed by atoms with van der Waals surface area (Å²) in [5.41, 5.74) is 1.14. The average molecular weight is 428 g/mol. The monoisotopic (exact) mass is 428 g/mol. The molecule has 8 heteroatoms. The number of hydrogen-bond donors (Lipinski definition) is 0. The second-order valence-electron chi connectivity index (χ2n) is 6.32. The molecule has 0 aliphatic carbocycles. The van der Waals surface area contributed by atoms with Crippen molar-refractivity contribution in [3.05, 3.63) is 66.2 Å². The zero-order chi connectivity index (χ0) is 22.6. The number of methoxy groups -OCH3 is 1. The summed E-state index contributed by atoms with van der Waals surface area (Å²) in [6.07, 6.45) is 1.26. The first-order chi connectivity index (χ1) is 14.9. The molecule has 2 aromatic rings. The van der Waals surface area contributed by atoms with Gasteiger partial charge in [0, 0.05) is 6.08 Å². The van der Waals surface area contributed by atoms with Crippen LogP contribution in [0, 0.1) is 6.92 Å². The molecule has 2 rings (SSSR count). The van der Waals surface area contributed by atoms with E-state index in [4.69, 9.17) is 23.7 Å². The van der Waals surface area contributed by atoms with Crippen LogP contribution in [0.3, 0.4) is 0 Å². The van der Waals surface area contributed by atoms with E-state index in [0.29, 0.717) is 29.9 Å². The lowest BCUT2D eigenvalue weighted by atomic mass is 10.2. The van der Waals surface area contributed by atoms with Gasteiger partial charge in [-0.25, -0.2) is 14.4 Å². The van der Waals surface area contributed by atoms with Crippen LogP contribution < -0.4 is 14.2 Å². The van der Waals surface area contributed by atoms with Crippen molar-refractivity contribution in [2.24, 2.45) is 0 Å². The first-order valence-electron chi connectivity index (χ1n) is 9.53. The molecule has 0 N–H and O–H groups in total. The molecule has 0 atom stereocenters. The third-order valence-corrected chi connectivity index (χ3v) is 4.04. The van der Waals surface area contributed by atoms with Crippen LogP contribution in [-0.4, -0.2) is 38.4 Å². The van der Waals surface area contributed by atoms with Crippen LogP contribution in [0.25, 0.3) is 0 Å². The van der Waals surface area contributed by atoms with E-state index in [1.807, 2.05) is 6.92 Å². The summed E-state index contributed by atoms with van der Waals surface area (Å²) in [5, 5.41) is 0. The van der Waals surface area contributed by atoms with Gasteiger partial charge >= 0.3 is 18.1 Å². The van der Waals surface area contributed by atoms with E-state index in [2.05, 4.69) is 6.58 Å². The molecule has 0 amide bonds. The van der Waals surface area contributed by atoms with Gasteiger partial charge in [-0.15, -0.1) is 0 Å². The molecule has 0 bridgehead atoms. The molecular weight excluding hydrogens is 404 g/mol. The van der Waals surface area contributed by atoms with Crippen LogP contribution in [0.15, 0.2) is 55.1 Å². The summed E-state index contributed by atoms with van der Waals surface area (Å²) in [5.74, 6) is 0.278. The van der Waals surface area contributed by atoms with E-state index in [1.54, 1.807) is 25.3 Å². The lowest BCUT2D eigenvalue weighted by molar-refractivity contribution is -0.137. The third-order valence-electron chi connectivity index (χ3n) is 4.04. The highest BCUT2D eigenvalue weighted by molar-refractivity contribution is 5.91. The summed E-state index contributed by atoms with van der Waals surface area (Å²) >= 11 is 0. The van der Waals surface area contributed by atoms with Crippen molar-refractivity contribution < 1.29 is 38.1 Å². The largest absolute Gasteiger partial charge is 0.513 e. The molecule has 0 aliphatic heterocycles. The van der Waals surface area contributed by atoms with Gasteiger partial charge in [0.2, 0.25) is 0 Å². The average Bonchev–Trinajstić information content (AvgIpc) is 2.76. The minimum Gasteiger partial charge on any atom is -0.496 e. The molecule has 0 unspecified atom stereocenters. The molecule has 164 valence electrons. The first-order valence-corrected chi connectivity index (χ1v) is 9.53. The maximum atomic E-state index is 12.3. The van der Waals surface area contributed by atoms with Gasteiger partial charge in [-0.1, -0.05) is 6.58 Å². The lowest BCUT2D eigenvalue weighted by Gasteiger charge is -2.09. The SMILES string of the molecule is C=CC(=O)OCCCCOC(=O)Oc1ccc(C(=O)Oc2ccc(OC)c(C)c2)cc1.